The highest BCUT2D eigenvalue weighted by Crippen LogP contribution is 2.26. The maximum atomic E-state index is 13.5. The highest BCUT2D eigenvalue weighted by molar-refractivity contribution is 6.43. The molecule has 0 atom stereocenters. The Bertz CT molecular complexity index is 667. The number of nitrogens with one attached hydrogen (secondary N) is 1. The summed E-state index contributed by atoms with van der Waals surface area (Å²) in [6.07, 6.45) is 1.15. The molecule has 1 aromatic carbocycles. The van der Waals surface area contributed by atoms with Gasteiger partial charge in [-0.15, -0.1) is 0 Å². The molecule has 0 aliphatic rings. The first-order chi connectivity index (χ1) is 9.52. The molecule has 2 rings (SSSR count). The van der Waals surface area contributed by atoms with Crippen molar-refractivity contribution in [1.82, 2.24) is 9.97 Å². The van der Waals surface area contributed by atoms with Gasteiger partial charge in [-0.1, -0.05) is 23.2 Å². The summed E-state index contributed by atoms with van der Waals surface area (Å²) in [5.41, 5.74) is 0.0918. The predicted octanol–water partition coefficient (Wildman–Crippen LogP) is 3.18. The molecule has 1 aromatic heterocycles. The quantitative estimate of drug-likeness (QED) is 0.883. The Hall–Kier alpha value is -1.92. The Morgan fingerprint density at radius 3 is 2.75 bits per heavy atom. The Kier molecular flexibility index (Phi) is 4.36. The van der Waals surface area contributed by atoms with E-state index in [1.165, 1.54) is 19.2 Å². The summed E-state index contributed by atoms with van der Waals surface area (Å²) in [7, 11) is 1.33. The van der Waals surface area contributed by atoms with Gasteiger partial charge in [0.1, 0.15) is 11.3 Å². The second-order valence-corrected chi connectivity index (χ2v) is 4.37. The molecule has 8 heteroatoms. The van der Waals surface area contributed by atoms with Crippen LogP contribution in [0.3, 0.4) is 0 Å². The Labute approximate surface area is 123 Å². The first-order valence-electron chi connectivity index (χ1n) is 5.34. The summed E-state index contributed by atoms with van der Waals surface area (Å²) in [5, 5.41) is 2.44. The van der Waals surface area contributed by atoms with Crippen molar-refractivity contribution in [1.29, 1.82) is 0 Å². The molecule has 5 nitrogen and oxygen atoms in total. The van der Waals surface area contributed by atoms with Crippen LogP contribution in [0.4, 0.5) is 10.2 Å². The van der Waals surface area contributed by atoms with E-state index in [9.17, 15) is 9.18 Å². The monoisotopic (exact) mass is 315 g/mol. The summed E-state index contributed by atoms with van der Waals surface area (Å²) in [4.78, 5) is 19.4. The van der Waals surface area contributed by atoms with E-state index in [0.29, 0.717) is 0 Å². The van der Waals surface area contributed by atoms with Crippen molar-refractivity contribution in [3.05, 3.63) is 46.1 Å². The number of carbonyl (C=O) groups excluding carboxylic acids is 1. The van der Waals surface area contributed by atoms with E-state index in [1.54, 1.807) is 0 Å². The van der Waals surface area contributed by atoms with Crippen LogP contribution >= 0.6 is 23.2 Å². The third-order valence-electron chi connectivity index (χ3n) is 2.39. The van der Waals surface area contributed by atoms with Gasteiger partial charge in [-0.25, -0.2) is 14.4 Å². The molecule has 1 heterocycles. The van der Waals surface area contributed by atoms with Crippen molar-refractivity contribution in [2.45, 2.75) is 0 Å². The molecular weight excluding hydrogens is 308 g/mol. The molecule has 0 saturated carbocycles. The lowest BCUT2D eigenvalue weighted by Crippen LogP contribution is -2.14. The zero-order valence-electron chi connectivity index (χ0n) is 10.2. The molecule has 2 aromatic rings. The lowest BCUT2D eigenvalue weighted by atomic mass is 10.2. The van der Waals surface area contributed by atoms with E-state index in [2.05, 4.69) is 15.3 Å². The van der Waals surface area contributed by atoms with Crippen LogP contribution < -0.4 is 10.1 Å². The predicted molar refractivity (Wildman–Crippen MR) is 73.0 cm³/mol. The third kappa shape index (κ3) is 2.97. The summed E-state index contributed by atoms with van der Waals surface area (Å²) in [6, 6.07) is 3.80. The number of hydrogen-bond donors (Lipinski definition) is 1. The summed E-state index contributed by atoms with van der Waals surface area (Å²) >= 11 is 11.5. The van der Waals surface area contributed by atoms with Crippen molar-refractivity contribution in [2.75, 3.05) is 12.4 Å². The number of halogens is 3. The standard InChI is InChI=1S/C12H8Cl2FN3O2/c1-20-8-3-2-6(4-7(8)15)12(19)18-11-9(13)10(14)16-5-17-11/h2-5H,1H3,(H,16,17,18,19). The number of anilines is 1. The van der Waals surface area contributed by atoms with Crippen LogP contribution in [0.5, 0.6) is 5.75 Å². The van der Waals surface area contributed by atoms with E-state index in [-0.39, 0.29) is 27.3 Å². The Balaban J connectivity index is 2.24. The lowest BCUT2D eigenvalue weighted by Gasteiger charge is -2.07. The smallest absolute Gasteiger partial charge is 0.256 e. The molecule has 20 heavy (non-hydrogen) atoms. The van der Waals surface area contributed by atoms with E-state index in [4.69, 9.17) is 27.9 Å². The Morgan fingerprint density at radius 1 is 1.35 bits per heavy atom. The number of benzene rings is 1. The lowest BCUT2D eigenvalue weighted by molar-refractivity contribution is 0.102. The zero-order valence-corrected chi connectivity index (χ0v) is 11.7. The minimum atomic E-state index is -0.646. The zero-order chi connectivity index (χ0) is 14.7. The molecule has 0 aliphatic carbocycles. The summed E-state index contributed by atoms with van der Waals surface area (Å²) < 4.78 is 18.3. The number of hydrogen-bond acceptors (Lipinski definition) is 4. The fraction of sp³-hybridized carbons (Fsp3) is 0.0833. The van der Waals surface area contributed by atoms with Gasteiger partial charge in [0.2, 0.25) is 0 Å². The number of amides is 1. The SMILES string of the molecule is COc1ccc(C(=O)Nc2ncnc(Cl)c2Cl)cc1F. The van der Waals surface area contributed by atoms with E-state index in [1.807, 2.05) is 0 Å². The average molecular weight is 316 g/mol. The average Bonchev–Trinajstić information content (AvgIpc) is 2.43. The maximum absolute atomic E-state index is 13.5. The molecule has 1 N–H and O–H groups in total. The number of rotatable bonds is 3. The number of carbonyl (C=O) groups is 1. The first-order valence-corrected chi connectivity index (χ1v) is 6.09. The van der Waals surface area contributed by atoms with Crippen LogP contribution in [0.25, 0.3) is 0 Å². The van der Waals surface area contributed by atoms with E-state index in [0.717, 1.165) is 12.4 Å². The van der Waals surface area contributed by atoms with Gasteiger partial charge in [0.25, 0.3) is 5.91 Å². The van der Waals surface area contributed by atoms with Gasteiger partial charge in [0.05, 0.1) is 7.11 Å². The van der Waals surface area contributed by atoms with Crippen molar-refractivity contribution >= 4 is 34.9 Å². The minimum absolute atomic E-state index is 0.0106. The molecule has 0 saturated heterocycles. The second-order valence-electron chi connectivity index (χ2n) is 3.63. The van der Waals surface area contributed by atoms with Crippen LogP contribution in [0, 0.1) is 5.82 Å². The van der Waals surface area contributed by atoms with E-state index < -0.39 is 11.7 Å². The van der Waals surface area contributed by atoms with Crippen LogP contribution in [0.1, 0.15) is 10.4 Å². The van der Waals surface area contributed by atoms with Gasteiger partial charge in [-0.3, -0.25) is 4.79 Å². The second kappa shape index (κ2) is 6.02. The summed E-state index contributed by atoms with van der Waals surface area (Å²) in [5.74, 6) is -1.13. The van der Waals surface area contributed by atoms with Crippen LogP contribution in [0.2, 0.25) is 10.2 Å². The molecule has 0 fully saturated rings. The molecular formula is C12H8Cl2FN3O2. The maximum Gasteiger partial charge on any atom is 0.256 e. The fourth-order valence-electron chi connectivity index (χ4n) is 1.42. The number of aromatic nitrogens is 2. The van der Waals surface area contributed by atoms with Crippen molar-refractivity contribution < 1.29 is 13.9 Å². The molecule has 104 valence electrons. The highest BCUT2D eigenvalue weighted by atomic mass is 35.5. The molecule has 0 unspecified atom stereocenters. The third-order valence-corrected chi connectivity index (χ3v) is 3.13. The minimum Gasteiger partial charge on any atom is -0.494 e. The van der Waals surface area contributed by atoms with E-state index >= 15 is 0 Å². The van der Waals surface area contributed by atoms with Crippen LogP contribution in [-0.2, 0) is 0 Å². The Morgan fingerprint density at radius 2 is 2.10 bits per heavy atom. The number of ether oxygens (including phenoxy) is 1. The van der Waals surface area contributed by atoms with Crippen LogP contribution in [-0.4, -0.2) is 23.0 Å². The largest absolute Gasteiger partial charge is 0.494 e. The van der Waals surface area contributed by atoms with Crippen molar-refractivity contribution in [3.63, 3.8) is 0 Å². The van der Waals surface area contributed by atoms with Crippen LogP contribution in [0.15, 0.2) is 24.5 Å². The van der Waals surface area contributed by atoms with Gasteiger partial charge in [-0.2, -0.15) is 0 Å². The molecule has 0 radical (unpaired) electrons. The number of methoxy groups -OCH3 is 1. The molecule has 0 spiro atoms. The topological polar surface area (TPSA) is 64.1 Å². The summed E-state index contributed by atoms with van der Waals surface area (Å²) in [6.45, 7) is 0. The van der Waals surface area contributed by atoms with Crippen molar-refractivity contribution in [2.24, 2.45) is 0 Å². The first kappa shape index (κ1) is 14.5. The molecule has 0 aliphatic heterocycles. The fourth-order valence-corrected chi connectivity index (χ4v) is 1.70. The normalized spacial score (nSPS) is 10.2. The van der Waals surface area contributed by atoms with Gasteiger partial charge >= 0.3 is 0 Å². The van der Waals surface area contributed by atoms with Gasteiger partial charge in [0, 0.05) is 5.56 Å². The number of nitrogens with zero attached hydrogens (tertiary/aromatic N) is 2. The van der Waals surface area contributed by atoms with Gasteiger partial charge < -0.3 is 10.1 Å². The highest BCUT2D eigenvalue weighted by Gasteiger charge is 2.14. The van der Waals surface area contributed by atoms with Crippen molar-refractivity contribution in [3.8, 4) is 5.75 Å². The molecule has 1 amide bonds. The van der Waals surface area contributed by atoms with Gasteiger partial charge in [-0.05, 0) is 18.2 Å². The van der Waals surface area contributed by atoms with Gasteiger partial charge in [0.15, 0.2) is 22.5 Å². The molecule has 0 bridgehead atoms.